The fourth-order valence-corrected chi connectivity index (χ4v) is 4.54. The molecule has 0 aliphatic carbocycles. The maximum atomic E-state index is 13.1. The lowest BCUT2D eigenvalue weighted by Crippen LogP contribution is -2.55. The molecule has 0 radical (unpaired) electrons. The van der Waals surface area contributed by atoms with Gasteiger partial charge in [0.05, 0.1) is 18.2 Å². The zero-order valence-corrected chi connectivity index (χ0v) is 20.3. The number of rotatable bonds is 5. The second-order valence-corrected chi connectivity index (χ2v) is 8.68. The molecule has 0 saturated carbocycles. The zero-order chi connectivity index (χ0) is 26.9. The Morgan fingerprint density at radius 1 is 1.19 bits per heavy atom. The van der Waals surface area contributed by atoms with Gasteiger partial charge in [-0.25, -0.2) is 15.3 Å². The summed E-state index contributed by atoms with van der Waals surface area (Å²) < 4.78 is 40.5. The number of hydrogen-bond acceptors (Lipinski definition) is 8. The van der Waals surface area contributed by atoms with Gasteiger partial charge in [-0.15, -0.1) is 0 Å². The lowest BCUT2D eigenvalue weighted by Gasteiger charge is -2.43. The van der Waals surface area contributed by atoms with E-state index in [1.165, 1.54) is 29.9 Å². The predicted octanol–water partition coefficient (Wildman–Crippen LogP) is 2.15. The lowest BCUT2D eigenvalue weighted by atomic mass is 10.0. The van der Waals surface area contributed by atoms with E-state index in [4.69, 9.17) is 4.84 Å². The van der Waals surface area contributed by atoms with Crippen molar-refractivity contribution >= 4 is 22.8 Å². The first-order chi connectivity index (χ1) is 17.5. The first-order valence-electron chi connectivity index (χ1n) is 11.3. The van der Waals surface area contributed by atoms with Gasteiger partial charge in [0.15, 0.2) is 5.82 Å². The Hall–Kier alpha value is -4.02. The number of halogens is 3. The van der Waals surface area contributed by atoms with Crippen LogP contribution in [-0.4, -0.2) is 58.1 Å². The van der Waals surface area contributed by atoms with Crippen molar-refractivity contribution in [2.24, 2.45) is 7.05 Å². The number of carbonyl (C=O) groups excluding carboxylic acids is 1. The van der Waals surface area contributed by atoms with Gasteiger partial charge in [-0.2, -0.15) is 23.4 Å². The van der Waals surface area contributed by atoms with Crippen molar-refractivity contribution in [2.45, 2.75) is 25.2 Å². The molecule has 37 heavy (non-hydrogen) atoms. The molecule has 1 saturated heterocycles. The summed E-state index contributed by atoms with van der Waals surface area (Å²) in [7, 11) is 2.84. The molecule has 1 aromatic carbocycles. The number of hydrogen-bond donors (Lipinski definition) is 1. The van der Waals surface area contributed by atoms with Crippen LogP contribution in [0.2, 0.25) is 0 Å². The van der Waals surface area contributed by atoms with Crippen LogP contribution < -0.4 is 16.1 Å². The van der Waals surface area contributed by atoms with Crippen molar-refractivity contribution in [1.82, 2.24) is 24.9 Å². The van der Waals surface area contributed by atoms with E-state index in [2.05, 4.69) is 15.4 Å². The molecule has 2 aromatic heterocycles. The molecule has 0 bridgehead atoms. The highest BCUT2D eigenvalue weighted by atomic mass is 19.4. The van der Waals surface area contributed by atoms with Crippen molar-refractivity contribution in [2.75, 3.05) is 31.6 Å². The Bertz CT molecular complexity index is 1420. The largest absolute Gasteiger partial charge is 0.416 e. The molecule has 4 rings (SSSR count). The monoisotopic (exact) mass is 515 g/mol. The van der Waals surface area contributed by atoms with E-state index in [-0.39, 0.29) is 11.7 Å². The number of amides is 1. The standard InChI is InChI=1S/C24H24F3N7O3/c1-14-13-33(20(22(35)31-37-3)15-4-6-16(7-5-15)24(25,26)27)10-11-34(14)21-19-18(32(2)23(36)30-21)9-8-17(12-28)29-19/h4-9,14,20H,10-11,13H2,1-3H3,(H,31,35)/t14-,20?/m0/s1. The quantitative estimate of drug-likeness (QED) is 0.514. The third kappa shape index (κ3) is 5.11. The summed E-state index contributed by atoms with van der Waals surface area (Å²) in [6, 6.07) is 8.42. The van der Waals surface area contributed by atoms with Crippen LogP contribution in [0.4, 0.5) is 19.0 Å². The molecular formula is C24H24F3N7O3. The number of nitrogens with one attached hydrogen (secondary N) is 1. The molecule has 1 amide bonds. The molecule has 2 atom stereocenters. The summed E-state index contributed by atoms with van der Waals surface area (Å²) in [4.78, 5) is 42.5. The van der Waals surface area contributed by atoms with Gasteiger partial charge in [-0.3, -0.25) is 19.1 Å². The molecule has 0 spiro atoms. The van der Waals surface area contributed by atoms with E-state index in [1.54, 1.807) is 13.1 Å². The van der Waals surface area contributed by atoms with E-state index in [1.807, 2.05) is 22.8 Å². The molecule has 194 valence electrons. The maximum Gasteiger partial charge on any atom is 0.416 e. The molecule has 1 N–H and O–H groups in total. The second-order valence-electron chi connectivity index (χ2n) is 8.68. The van der Waals surface area contributed by atoms with E-state index >= 15 is 0 Å². The highest BCUT2D eigenvalue weighted by molar-refractivity contribution is 5.86. The maximum absolute atomic E-state index is 13.1. The average molecular weight is 515 g/mol. The number of carbonyl (C=O) groups is 1. The van der Waals surface area contributed by atoms with Crippen LogP contribution in [0.5, 0.6) is 0 Å². The minimum absolute atomic E-state index is 0.180. The van der Waals surface area contributed by atoms with Crippen molar-refractivity contribution in [3.05, 3.63) is 63.7 Å². The summed E-state index contributed by atoms with van der Waals surface area (Å²) in [5.74, 6) is -0.199. The van der Waals surface area contributed by atoms with Gasteiger partial charge in [-0.1, -0.05) is 12.1 Å². The number of fused-ring (bicyclic) bond motifs is 1. The van der Waals surface area contributed by atoms with E-state index in [9.17, 15) is 28.0 Å². The number of nitriles is 1. The van der Waals surface area contributed by atoms with Gasteiger partial charge in [0.25, 0.3) is 5.91 Å². The predicted molar refractivity (Wildman–Crippen MR) is 127 cm³/mol. The summed E-state index contributed by atoms with van der Waals surface area (Å²) in [6.45, 7) is 2.86. The molecule has 1 aliphatic heterocycles. The third-order valence-electron chi connectivity index (χ3n) is 6.35. The van der Waals surface area contributed by atoms with Gasteiger partial charge in [0.1, 0.15) is 23.3 Å². The second kappa shape index (κ2) is 10.2. The Morgan fingerprint density at radius 3 is 2.49 bits per heavy atom. The Balaban J connectivity index is 1.66. The fourth-order valence-electron chi connectivity index (χ4n) is 4.54. The van der Waals surface area contributed by atoms with Crippen LogP contribution in [0, 0.1) is 11.3 Å². The number of benzene rings is 1. The van der Waals surface area contributed by atoms with Crippen LogP contribution in [-0.2, 0) is 22.9 Å². The number of aryl methyl sites for hydroxylation is 1. The number of pyridine rings is 1. The zero-order valence-electron chi connectivity index (χ0n) is 20.3. The van der Waals surface area contributed by atoms with Crippen LogP contribution >= 0.6 is 0 Å². The first kappa shape index (κ1) is 26.1. The number of piperazine rings is 1. The Kier molecular flexibility index (Phi) is 7.15. The Labute approximate surface area is 209 Å². The molecule has 1 unspecified atom stereocenters. The number of nitrogens with zero attached hydrogens (tertiary/aromatic N) is 6. The minimum Gasteiger partial charge on any atom is -0.349 e. The summed E-state index contributed by atoms with van der Waals surface area (Å²) in [5, 5.41) is 9.30. The van der Waals surface area contributed by atoms with Crippen LogP contribution in [0.1, 0.15) is 29.8 Å². The number of hydroxylamine groups is 1. The number of aromatic nitrogens is 3. The highest BCUT2D eigenvalue weighted by Gasteiger charge is 2.36. The van der Waals surface area contributed by atoms with Crippen LogP contribution in [0.3, 0.4) is 0 Å². The Morgan fingerprint density at radius 2 is 1.89 bits per heavy atom. The van der Waals surface area contributed by atoms with Crippen molar-refractivity contribution in [1.29, 1.82) is 5.26 Å². The summed E-state index contributed by atoms with van der Waals surface area (Å²) >= 11 is 0. The smallest absolute Gasteiger partial charge is 0.349 e. The molecule has 10 nitrogen and oxygen atoms in total. The van der Waals surface area contributed by atoms with Gasteiger partial charge < -0.3 is 4.90 Å². The molecule has 1 aliphatic rings. The molecule has 3 aromatic rings. The van der Waals surface area contributed by atoms with Gasteiger partial charge in [0, 0.05) is 32.7 Å². The number of anilines is 1. The van der Waals surface area contributed by atoms with Crippen LogP contribution in [0.25, 0.3) is 11.0 Å². The van der Waals surface area contributed by atoms with Crippen molar-refractivity contribution in [3.63, 3.8) is 0 Å². The van der Waals surface area contributed by atoms with E-state index in [0.29, 0.717) is 42.0 Å². The molecular weight excluding hydrogens is 491 g/mol. The SMILES string of the molecule is CONC(=O)C(c1ccc(C(F)(F)F)cc1)N1CCN(c2nc(=O)n(C)c3ccc(C#N)nc23)[C@@H](C)C1. The number of alkyl halides is 3. The average Bonchev–Trinajstić information content (AvgIpc) is 2.86. The summed E-state index contributed by atoms with van der Waals surface area (Å²) in [5.41, 5.74) is 2.46. The van der Waals surface area contributed by atoms with Gasteiger partial charge >= 0.3 is 11.9 Å². The molecule has 1 fully saturated rings. The molecule has 3 heterocycles. The van der Waals surface area contributed by atoms with Crippen molar-refractivity contribution < 1.29 is 22.8 Å². The first-order valence-corrected chi connectivity index (χ1v) is 11.3. The summed E-state index contributed by atoms with van der Waals surface area (Å²) in [6.07, 6.45) is -4.50. The van der Waals surface area contributed by atoms with Crippen LogP contribution in [0.15, 0.2) is 41.2 Å². The van der Waals surface area contributed by atoms with Gasteiger partial charge in [0.2, 0.25) is 0 Å². The van der Waals surface area contributed by atoms with E-state index in [0.717, 1.165) is 12.1 Å². The topological polar surface area (TPSA) is 116 Å². The highest BCUT2D eigenvalue weighted by Crippen LogP contribution is 2.32. The fraction of sp³-hybridized carbons (Fsp3) is 0.375. The van der Waals surface area contributed by atoms with E-state index < -0.39 is 29.4 Å². The van der Waals surface area contributed by atoms with Gasteiger partial charge in [-0.05, 0) is 36.8 Å². The third-order valence-corrected chi connectivity index (χ3v) is 6.35. The normalized spacial score (nSPS) is 17.4. The lowest BCUT2D eigenvalue weighted by molar-refractivity contribution is -0.137. The molecule has 13 heteroatoms. The van der Waals surface area contributed by atoms with Crippen molar-refractivity contribution in [3.8, 4) is 6.07 Å². The minimum atomic E-state index is -4.50.